The molecule has 1 N–H and O–H groups in total. The Labute approximate surface area is 198 Å². The summed E-state index contributed by atoms with van der Waals surface area (Å²) in [6, 6.07) is 16.9. The molecule has 0 aliphatic carbocycles. The number of nitrogens with one attached hydrogen (secondary N) is 1. The summed E-state index contributed by atoms with van der Waals surface area (Å²) >= 11 is 6.01. The zero-order valence-corrected chi connectivity index (χ0v) is 18.9. The predicted octanol–water partition coefficient (Wildman–Crippen LogP) is 6.17. The maximum Gasteiger partial charge on any atom is 0.340 e. The van der Waals surface area contributed by atoms with Gasteiger partial charge in [0.2, 0.25) is 5.91 Å². The topological polar surface area (TPSA) is 72.5 Å². The molecule has 3 aromatic carbocycles. The van der Waals surface area contributed by atoms with E-state index in [-0.39, 0.29) is 24.7 Å². The zero-order valence-electron chi connectivity index (χ0n) is 18.2. The molecule has 0 radical (unpaired) electrons. The number of hydrogen-bond acceptors (Lipinski definition) is 4. The molecular formula is C27H19ClFNO4. The summed E-state index contributed by atoms with van der Waals surface area (Å²) in [6.45, 7) is 2.03. The van der Waals surface area contributed by atoms with Crippen LogP contribution in [0.3, 0.4) is 0 Å². The molecule has 5 rings (SSSR count). The molecule has 7 heteroatoms. The normalized spacial score (nSPS) is 11.3. The van der Waals surface area contributed by atoms with Crippen molar-refractivity contribution in [2.24, 2.45) is 0 Å². The van der Waals surface area contributed by atoms with E-state index in [1.165, 1.54) is 12.1 Å². The molecule has 0 saturated heterocycles. The highest BCUT2D eigenvalue weighted by Crippen LogP contribution is 2.35. The highest BCUT2D eigenvalue weighted by molar-refractivity contribution is 6.30. The van der Waals surface area contributed by atoms with Crippen molar-refractivity contribution in [1.82, 2.24) is 5.32 Å². The van der Waals surface area contributed by atoms with Crippen LogP contribution in [-0.4, -0.2) is 5.91 Å². The molecule has 0 aliphatic heterocycles. The van der Waals surface area contributed by atoms with Crippen LogP contribution in [0.4, 0.5) is 4.39 Å². The average Bonchev–Trinajstić information content (AvgIpc) is 3.23. The predicted molar refractivity (Wildman–Crippen MR) is 129 cm³/mol. The van der Waals surface area contributed by atoms with Gasteiger partial charge in [0, 0.05) is 34.0 Å². The van der Waals surface area contributed by atoms with Crippen molar-refractivity contribution in [3.05, 3.63) is 105 Å². The first-order valence-corrected chi connectivity index (χ1v) is 11.0. The lowest BCUT2D eigenvalue weighted by Gasteiger charge is -2.09. The van der Waals surface area contributed by atoms with Crippen LogP contribution in [0.2, 0.25) is 5.02 Å². The second kappa shape index (κ2) is 8.80. The highest BCUT2D eigenvalue weighted by atomic mass is 35.5. The first-order valence-electron chi connectivity index (χ1n) is 10.6. The summed E-state index contributed by atoms with van der Waals surface area (Å²) in [5, 5.41) is 4.99. The van der Waals surface area contributed by atoms with Gasteiger partial charge in [0.1, 0.15) is 17.0 Å². The van der Waals surface area contributed by atoms with E-state index in [2.05, 4.69) is 5.32 Å². The molecule has 5 nitrogen and oxygen atoms in total. The van der Waals surface area contributed by atoms with Crippen molar-refractivity contribution in [2.45, 2.75) is 19.9 Å². The Morgan fingerprint density at radius 3 is 2.47 bits per heavy atom. The molecule has 0 fully saturated rings. The molecule has 0 aliphatic rings. The molecule has 5 aromatic rings. The van der Waals surface area contributed by atoms with Gasteiger partial charge >= 0.3 is 5.63 Å². The van der Waals surface area contributed by atoms with E-state index in [1.54, 1.807) is 31.4 Å². The fourth-order valence-corrected chi connectivity index (χ4v) is 4.12. The van der Waals surface area contributed by atoms with Crippen LogP contribution in [0.1, 0.15) is 16.7 Å². The monoisotopic (exact) mass is 475 g/mol. The second-order valence-electron chi connectivity index (χ2n) is 8.07. The zero-order chi connectivity index (χ0) is 23.8. The average molecular weight is 476 g/mol. The number of amides is 1. The summed E-state index contributed by atoms with van der Waals surface area (Å²) in [6.07, 6.45) is 1.53. The van der Waals surface area contributed by atoms with Crippen molar-refractivity contribution < 1.29 is 18.0 Å². The summed E-state index contributed by atoms with van der Waals surface area (Å²) in [7, 11) is 0. The van der Waals surface area contributed by atoms with E-state index < -0.39 is 5.63 Å². The lowest BCUT2D eigenvalue weighted by Crippen LogP contribution is -2.27. The van der Waals surface area contributed by atoms with E-state index >= 15 is 0 Å². The second-order valence-corrected chi connectivity index (χ2v) is 8.51. The van der Waals surface area contributed by atoms with Gasteiger partial charge in [-0.1, -0.05) is 35.9 Å². The van der Waals surface area contributed by atoms with E-state index in [0.717, 1.165) is 27.5 Å². The van der Waals surface area contributed by atoms with Gasteiger partial charge in [0.25, 0.3) is 0 Å². The number of furan rings is 1. The van der Waals surface area contributed by atoms with Gasteiger partial charge in [-0.25, -0.2) is 9.18 Å². The molecule has 0 saturated carbocycles. The van der Waals surface area contributed by atoms with Crippen LogP contribution in [0.5, 0.6) is 0 Å². The molecule has 1 amide bonds. The molecule has 0 bridgehead atoms. The first-order chi connectivity index (χ1) is 16.4. The molecule has 2 aromatic heterocycles. The number of carbonyl (C=O) groups excluding carboxylic acids is 1. The Morgan fingerprint density at radius 1 is 1.00 bits per heavy atom. The van der Waals surface area contributed by atoms with Crippen LogP contribution in [-0.2, 0) is 17.8 Å². The van der Waals surface area contributed by atoms with Crippen molar-refractivity contribution in [3.8, 4) is 11.1 Å². The number of halogens is 2. The van der Waals surface area contributed by atoms with E-state index in [1.807, 2.05) is 30.3 Å². The van der Waals surface area contributed by atoms with Crippen molar-refractivity contribution in [1.29, 1.82) is 0 Å². The molecule has 0 spiro atoms. The fraction of sp³-hybridized carbons (Fsp3) is 0.111. The quantitative estimate of drug-likeness (QED) is 0.309. The fourth-order valence-electron chi connectivity index (χ4n) is 3.99. The SMILES string of the molecule is Cc1c(CC(=O)NCc2ccc(F)cc2)c(=O)oc2cc3occ(-c4ccc(Cl)cc4)c3cc12. The smallest absolute Gasteiger partial charge is 0.340 e. The maximum atomic E-state index is 13.1. The number of aryl methyl sites for hydroxylation is 1. The van der Waals surface area contributed by atoms with Crippen molar-refractivity contribution in [2.75, 3.05) is 0 Å². The molecule has 0 atom stereocenters. The Kier molecular flexibility index (Phi) is 5.67. The number of fused-ring (bicyclic) bond motifs is 2. The van der Waals surface area contributed by atoms with Gasteiger partial charge in [-0.05, 0) is 53.9 Å². The molecule has 170 valence electrons. The van der Waals surface area contributed by atoms with E-state index in [4.69, 9.17) is 20.4 Å². The standard InChI is InChI=1S/C27H19ClFNO4/c1-15-20-10-22-23(17-4-6-18(28)7-5-17)14-33-24(22)12-25(20)34-27(32)21(15)11-26(31)30-13-16-2-8-19(29)9-3-16/h2-10,12,14H,11,13H2,1H3,(H,30,31). The minimum atomic E-state index is -0.564. The van der Waals surface area contributed by atoms with Crippen LogP contribution >= 0.6 is 11.6 Å². The Balaban J connectivity index is 1.47. The van der Waals surface area contributed by atoms with E-state index in [9.17, 15) is 14.0 Å². The Morgan fingerprint density at radius 2 is 1.74 bits per heavy atom. The van der Waals surface area contributed by atoms with E-state index in [0.29, 0.717) is 27.3 Å². The summed E-state index contributed by atoms with van der Waals surface area (Å²) in [4.78, 5) is 25.2. The first kappa shape index (κ1) is 21.9. The van der Waals surface area contributed by atoms with Gasteiger partial charge in [-0.3, -0.25) is 4.79 Å². The lowest BCUT2D eigenvalue weighted by atomic mass is 9.99. The lowest BCUT2D eigenvalue weighted by molar-refractivity contribution is -0.120. The third-order valence-corrected chi connectivity index (χ3v) is 6.13. The maximum absolute atomic E-state index is 13.1. The van der Waals surface area contributed by atoms with Crippen LogP contribution in [0.25, 0.3) is 33.1 Å². The summed E-state index contributed by atoms with van der Waals surface area (Å²) < 4.78 is 24.3. The Hall–Kier alpha value is -3.90. The van der Waals surface area contributed by atoms with Crippen LogP contribution in [0, 0.1) is 12.7 Å². The minimum Gasteiger partial charge on any atom is -0.464 e. The number of rotatable bonds is 5. The molecule has 2 heterocycles. The number of carbonyl (C=O) groups is 1. The minimum absolute atomic E-state index is 0.126. The summed E-state index contributed by atoms with van der Waals surface area (Å²) in [5.41, 5.74) is 3.97. The molecule has 0 unspecified atom stereocenters. The largest absolute Gasteiger partial charge is 0.464 e. The third-order valence-electron chi connectivity index (χ3n) is 5.88. The van der Waals surface area contributed by atoms with Crippen molar-refractivity contribution >= 4 is 39.4 Å². The molecule has 34 heavy (non-hydrogen) atoms. The summed E-state index contributed by atoms with van der Waals surface area (Å²) in [5.74, 6) is -0.671. The van der Waals surface area contributed by atoms with Gasteiger partial charge in [0.05, 0.1) is 18.2 Å². The molecular weight excluding hydrogens is 457 g/mol. The van der Waals surface area contributed by atoms with Gasteiger partial charge in [-0.2, -0.15) is 0 Å². The highest BCUT2D eigenvalue weighted by Gasteiger charge is 2.18. The van der Waals surface area contributed by atoms with Crippen LogP contribution < -0.4 is 10.9 Å². The number of hydrogen-bond donors (Lipinski definition) is 1. The van der Waals surface area contributed by atoms with Gasteiger partial charge in [-0.15, -0.1) is 0 Å². The van der Waals surface area contributed by atoms with Gasteiger partial charge < -0.3 is 14.2 Å². The van der Waals surface area contributed by atoms with Crippen LogP contribution in [0.15, 0.2) is 80.6 Å². The Bertz CT molecular complexity index is 1580. The number of benzene rings is 3. The van der Waals surface area contributed by atoms with Gasteiger partial charge in [0.15, 0.2) is 0 Å². The third kappa shape index (κ3) is 4.20. The van der Waals surface area contributed by atoms with Crippen molar-refractivity contribution in [3.63, 3.8) is 0 Å².